The molecule has 1 saturated heterocycles. The average molecular weight is 336 g/mol. The third-order valence-electron chi connectivity index (χ3n) is 3.74. The molecule has 1 aliphatic heterocycles. The predicted octanol–water partition coefficient (Wildman–Crippen LogP) is 3.00. The van der Waals surface area contributed by atoms with Gasteiger partial charge in [-0.3, -0.25) is 0 Å². The Kier molecular flexibility index (Phi) is 4.08. The Bertz CT molecular complexity index is 591. The van der Waals surface area contributed by atoms with Gasteiger partial charge in [0.15, 0.2) is 0 Å². The molecule has 1 aromatic heterocycles. The first-order chi connectivity index (χ1) is 9.76. The first-order valence-corrected chi connectivity index (χ1v) is 7.64. The first-order valence-electron chi connectivity index (χ1n) is 6.85. The van der Waals surface area contributed by atoms with E-state index in [9.17, 15) is 0 Å². The Morgan fingerprint density at radius 1 is 1.45 bits per heavy atom. The maximum Gasteiger partial charge on any atom is 0.133 e. The summed E-state index contributed by atoms with van der Waals surface area (Å²) in [6, 6.07) is 6.05. The van der Waals surface area contributed by atoms with Crippen molar-refractivity contribution in [2.75, 3.05) is 20.2 Å². The largest absolute Gasteiger partial charge is 0.496 e. The van der Waals surface area contributed by atoms with E-state index in [0.717, 1.165) is 46.8 Å². The molecule has 0 bridgehead atoms. The van der Waals surface area contributed by atoms with Gasteiger partial charge in [-0.1, -0.05) is 0 Å². The zero-order chi connectivity index (χ0) is 13.9. The van der Waals surface area contributed by atoms with Crippen molar-refractivity contribution in [2.45, 2.75) is 12.8 Å². The second-order valence-corrected chi connectivity index (χ2v) is 6.01. The highest BCUT2D eigenvalue weighted by Gasteiger charge is 2.16. The molecule has 1 atom stereocenters. The Balaban J connectivity index is 1.77. The minimum atomic E-state index is 0.705. The summed E-state index contributed by atoms with van der Waals surface area (Å²) in [5.41, 5.74) is 2.16. The van der Waals surface area contributed by atoms with Crippen LogP contribution in [0.25, 0.3) is 11.3 Å². The molecule has 2 aromatic rings. The van der Waals surface area contributed by atoms with Crippen LogP contribution in [0.2, 0.25) is 0 Å². The van der Waals surface area contributed by atoms with Gasteiger partial charge in [-0.2, -0.15) is 0 Å². The predicted molar refractivity (Wildman–Crippen MR) is 83.0 cm³/mol. The summed E-state index contributed by atoms with van der Waals surface area (Å²) in [5, 5.41) is 3.39. The van der Waals surface area contributed by atoms with Gasteiger partial charge in [0.05, 0.1) is 23.5 Å². The summed E-state index contributed by atoms with van der Waals surface area (Å²) in [6.45, 7) is 2.23. The van der Waals surface area contributed by atoms with Gasteiger partial charge in [0, 0.05) is 12.0 Å². The van der Waals surface area contributed by atoms with Gasteiger partial charge >= 0.3 is 0 Å². The number of hydrogen-bond donors (Lipinski definition) is 2. The van der Waals surface area contributed by atoms with Crippen LogP contribution in [0, 0.1) is 5.92 Å². The van der Waals surface area contributed by atoms with E-state index >= 15 is 0 Å². The van der Waals surface area contributed by atoms with Crippen LogP contribution < -0.4 is 10.1 Å². The molecule has 0 saturated carbocycles. The van der Waals surface area contributed by atoms with Crippen LogP contribution in [0.4, 0.5) is 0 Å². The Morgan fingerprint density at radius 2 is 2.35 bits per heavy atom. The van der Waals surface area contributed by atoms with Crippen molar-refractivity contribution in [3.8, 4) is 17.0 Å². The number of ether oxygens (including phenoxy) is 1. The van der Waals surface area contributed by atoms with Crippen LogP contribution in [0.1, 0.15) is 12.2 Å². The van der Waals surface area contributed by atoms with E-state index in [2.05, 4.69) is 31.2 Å². The maximum atomic E-state index is 5.25. The van der Waals surface area contributed by atoms with E-state index in [0.29, 0.717) is 5.92 Å². The number of halogens is 1. The summed E-state index contributed by atoms with van der Waals surface area (Å²) >= 11 is 3.51. The van der Waals surface area contributed by atoms with E-state index in [1.807, 2.05) is 24.4 Å². The lowest BCUT2D eigenvalue weighted by atomic mass is 10.1. The summed E-state index contributed by atoms with van der Waals surface area (Å²) in [6.07, 6.45) is 4.17. The van der Waals surface area contributed by atoms with Crippen molar-refractivity contribution >= 4 is 15.9 Å². The summed E-state index contributed by atoms with van der Waals surface area (Å²) in [5.74, 6) is 2.61. The van der Waals surface area contributed by atoms with Crippen LogP contribution in [-0.4, -0.2) is 30.2 Å². The second-order valence-electron chi connectivity index (χ2n) is 5.16. The van der Waals surface area contributed by atoms with Gasteiger partial charge in [-0.05, 0) is 59.6 Å². The number of imidazole rings is 1. The fourth-order valence-corrected chi connectivity index (χ4v) is 3.15. The van der Waals surface area contributed by atoms with Crippen molar-refractivity contribution in [1.29, 1.82) is 0 Å². The third-order valence-corrected chi connectivity index (χ3v) is 4.36. The molecule has 0 spiro atoms. The van der Waals surface area contributed by atoms with Crippen molar-refractivity contribution in [2.24, 2.45) is 5.92 Å². The van der Waals surface area contributed by atoms with E-state index in [4.69, 9.17) is 4.74 Å². The minimum Gasteiger partial charge on any atom is -0.496 e. The highest BCUT2D eigenvalue weighted by atomic mass is 79.9. The van der Waals surface area contributed by atoms with E-state index in [1.165, 1.54) is 6.42 Å². The van der Waals surface area contributed by atoms with Crippen molar-refractivity contribution in [1.82, 2.24) is 15.3 Å². The highest BCUT2D eigenvalue weighted by molar-refractivity contribution is 9.10. The lowest BCUT2D eigenvalue weighted by Gasteiger charge is -2.06. The number of methoxy groups -OCH3 is 1. The molecule has 2 N–H and O–H groups in total. The van der Waals surface area contributed by atoms with E-state index < -0.39 is 0 Å². The summed E-state index contributed by atoms with van der Waals surface area (Å²) < 4.78 is 6.20. The van der Waals surface area contributed by atoms with Crippen molar-refractivity contribution in [3.63, 3.8) is 0 Å². The Hall–Kier alpha value is -1.33. The van der Waals surface area contributed by atoms with Crippen LogP contribution in [-0.2, 0) is 6.42 Å². The number of aromatic nitrogens is 2. The molecule has 1 fully saturated rings. The zero-order valence-electron chi connectivity index (χ0n) is 11.4. The number of benzene rings is 1. The average Bonchev–Trinajstić information content (AvgIpc) is 3.11. The van der Waals surface area contributed by atoms with Crippen molar-refractivity contribution < 1.29 is 4.74 Å². The lowest BCUT2D eigenvalue weighted by Crippen LogP contribution is -2.11. The highest BCUT2D eigenvalue weighted by Crippen LogP contribution is 2.30. The molecular formula is C15H18BrN3O. The standard InChI is InChI=1S/C15H18BrN3O/c1-20-14-3-2-11(7-12(14)16)13-9-18-15(19-13)6-10-4-5-17-8-10/h2-3,7,9-10,17H,4-6,8H2,1H3,(H,18,19). The van der Waals surface area contributed by atoms with Gasteiger partial charge < -0.3 is 15.0 Å². The molecule has 20 heavy (non-hydrogen) atoms. The number of hydrogen-bond acceptors (Lipinski definition) is 3. The molecule has 3 rings (SSSR count). The van der Waals surface area contributed by atoms with Crippen molar-refractivity contribution in [3.05, 3.63) is 34.7 Å². The van der Waals surface area contributed by atoms with Gasteiger partial charge in [-0.15, -0.1) is 0 Å². The quantitative estimate of drug-likeness (QED) is 0.902. The molecule has 1 unspecified atom stereocenters. The topological polar surface area (TPSA) is 49.9 Å². The summed E-state index contributed by atoms with van der Waals surface area (Å²) in [7, 11) is 1.67. The van der Waals surface area contributed by atoms with Gasteiger partial charge in [0.1, 0.15) is 11.6 Å². The normalized spacial score (nSPS) is 18.4. The smallest absolute Gasteiger partial charge is 0.133 e. The number of aromatic amines is 1. The molecule has 1 aromatic carbocycles. The molecule has 106 valence electrons. The summed E-state index contributed by atoms with van der Waals surface area (Å²) in [4.78, 5) is 7.92. The number of nitrogens with one attached hydrogen (secondary N) is 2. The fraction of sp³-hybridized carbons (Fsp3) is 0.400. The molecule has 0 radical (unpaired) electrons. The molecule has 2 heterocycles. The van der Waals surface area contributed by atoms with Gasteiger partial charge in [0.2, 0.25) is 0 Å². The Labute approximate surface area is 127 Å². The third kappa shape index (κ3) is 2.88. The Morgan fingerprint density at radius 3 is 3.05 bits per heavy atom. The van der Waals surface area contributed by atoms with Gasteiger partial charge in [-0.25, -0.2) is 4.98 Å². The molecule has 4 nitrogen and oxygen atoms in total. The van der Waals surface area contributed by atoms with Crippen LogP contribution in [0.3, 0.4) is 0 Å². The number of rotatable bonds is 4. The minimum absolute atomic E-state index is 0.705. The van der Waals surface area contributed by atoms with Crippen LogP contribution in [0.15, 0.2) is 28.9 Å². The first kappa shape index (κ1) is 13.6. The van der Waals surface area contributed by atoms with Crippen LogP contribution in [0.5, 0.6) is 5.75 Å². The molecule has 1 aliphatic rings. The monoisotopic (exact) mass is 335 g/mol. The SMILES string of the molecule is COc1ccc(-c2cnc(CC3CCNC3)[nH]2)cc1Br. The zero-order valence-corrected chi connectivity index (χ0v) is 13.0. The number of H-pyrrole nitrogens is 1. The second kappa shape index (κ2) is 5.97. The van der Waals surface area contributed by atoms with Gasteiger partial charge in [0.25, 0.3) is 0 Å². The molecule has 0 amide bonds. The fourth-order valence-electron chi connectivity index (χ4n) is 2.61. The molecule has 0 aliphatic carbocycles. The lowest BCUT2D eigenvalue weighted by molar-refractivity contribution is 0.412. The van der Waals surface area contributed by atoms with E-state index in [-0.39, 0.29) is 0 Å². The van der Waals surface area contributed by atoms with Crippen LogP contribution >= 0.6 is 15.9 Å². The van der Waals surface area contributed by atoms with E-state index in [1.54, 1.807) is 7.11 Å². The number of nitrogens with zero attached hydrogens (tertiary/aromatic N) is 1. The molecular weight excluding hydrogens is 318 g/mol. The maximum absolute atomic E-state index is 5.25. The molecule has 5 heteroatoms.